The molecule has 36 heavy (non-hydrogen) atoms. The first-order valence-electron chi connectivity index (χ1n) is 11.6. The number of amides is 2. The molecule has 3 aromatic carbocycles. The number of carbonyl (C=O) groups excluding carboxylic acids is 3. The Balaban J connectivity index is 1.51. The molecule has 0 radical (unpaired) electrons. The number of nitrogens with one attached hydrogen (secondary N) is 1. The molecule has 1 N–H and O–H groups in total. The van der Waals surface area contributed by atoms with Crippen molar-refractivity contribution in [2.45, 2.75) is 25.9 Å². The third-order valence-electron chi connectivity index (χ3n) is 6.01. The number of benzene rings is 3. The summed E-state index contributed by atoms with van der Waals surface area (Å²) in [6, 6.07) is 20.4. The van der Waals surface area contributed by atoms with Gasteiger partial charge in [0.1, 0.15) is 11.8 Å². The summed E-state index contributed by atoms with van der Waals surface area (Å²) in [5.41, 5.74) is 1.65. The Morgan fingerprint density at radius 2 is 1.69 bits per heavy atom. The zero-order chi connectivity index (χ0) is 25.7. The number of Topliss-reactive ketones (excluding diaryl/α,β-unsaturated/α-hetero) is 1. The Hall–Kier alpha value is -4.33. The zero-order valence-electron chi connectivity index (χ0n) is 20.4. The number of rotatable bonds is 9. The number of ketones is 1. The van der Waals surface area contributed by atoms with Crippen molar-refractivity contribution in [3.63, 3.8) is 0 Å². The van der Waals surface area contributed by atoms with Crippen LogP contribution >= 0.6 is 0 Å². The highest BCUT2D eigenvalue weighted by atomic mass is 16.5. The average molecular weight is 489 g/mol. The van der Waals surface area contributed by atoms with E-state index in [0.717, 1.165) is 5.56 Å². The Morgan fingerprint density at radius 3 is 2.42 bits per heavy atom. The summed E-state index contributed by atoms with van der Waals surface area (Å²) in [4.78, 5) is 40.2. The van der Waals surface area contributed by atoms with Crippen molar-refractivity contribution in [1.82, 2.24) is 5.32 Å². The second kappa shape index (κ2) is 10.9. The van der Waals surface area contributed by atoms with Crippen LogP contribution in [-0.4, -0.2) is 44.0 Å². The van der Waals surface area contributed by atoms with Crippen LogP contribution in [0.25, 0.3) is 0 Å². The molecular weight excluding hydrogens is 460 g/mol. The van der Waals surface area contributed by atoms with Gasteiger partial charge in [-0.2, -0.15) is 0 Å². The Labute approximate surface area is 209 Å². The second-order valence-corrected chi connectivity index (χ2v) is 8.41. The molecule has 8 heteroatoms. The van der Waals surface area contributed by atoms with Crippen molar-refractivity contribution in [2.24, 2.45) is 0 Å². The Morgan fingerprint density at radius 1 is 1.00 bits per heavy atom. The molecule has 0 spiro atoms. The van der Waals surface area contributed by atoms with E-state index < -0.39 is 6.04 Å². The number of fused-ring (bicyclic) bond motifs is 1. The van der Waals surface area contributed by atoms with Crippen LogP contribution < -0.4 is 24.4 Å². The summed E-state index contributed by atoms with van der Waals surface area (Å²) in [5, 5.41) is 2.96. The van der Waals surface area contributed by atoms with Gasteiger partial charge in [0.25, 0.3) is 5.91 Å². The molecule has 0 saturated heterocycles. The molecule has 0 fully saturated rings. The first kappa shape index (κ1) is 24.8. The van der Waals surface area contributed by atoms with Crippen molar-refractivity contribution in [3.8, 4) is 17.2 Å². The fourth-order valence-electron chi connectivity index (χ4n) is 4.01. The topological polar surface area (TPSA) is 94.2 Å². The molecule has 3 aromatic rings. The third-order valence-corrected chi connectivity index (χ3v) is 6.01. The fourth-order valence-corrected chi connectivity index (χ4v) is 4.01. The summed E-state index contributed by atoms with van der Waals surface area (Å²) in [6.45, 7) is 3.12. The SMILES string of the molecule is COc1ccccc1OCC(=O)c1ccc2c(c1)N([C@@H](C)C(=O)N[C@H](C)c1ccccc1)C(=O)CO2. The molecule has 2 atom stereocenters. The molecule has 1 aliphatic rings. The number of anilines is 1. The van der Waals surface area contributed by atoms with Crippen molar-refractivity contribution < 1.29 is 28.6 Å². The van der Waals surface area contributed by atoms with Gasteiger partial charge in [-0.3, -0.25) is 19.3 Å². The second-order valence-electron chi connectivity index (χ2n) is 8.41. The minimum Gasteiger partial charge on any atom is -0.493 e. The molecule has 1 heterocycles. The smallest absolute Gasteiger partial charge is 0.265 e. The molecule has 4 rings (SSSR count). The van der Waals surface area contributed by atoms with Gasteiger partial charge in [0, 0.05) is 5.56 Å². The monoisotopic (exact) mass is 488 g/mol. The highest BCUT2D eigenvalue weighted by molar-refractivity contribution is 6.06. The maximum Gasteiger partial charge on any atom is 0.265 e. The van der Waals surface area contributed by atoms with Gasteiger partial charge in [-0.15, -0.1) is 0 Å². The summed E-state index contributed by atoms with van der Waals surface area (Å²) in [5.74, 6) is 0.412. The predicted molar refractivity (Wildman–Crippen MR) is 135 cm³/mol. The number of carbonyl (C=O) groups is 3. The van der Waals surface area contributed by atoms with Crippen LogP contribution in [0.2, 0.25) is 0 Å². The number of methoxy groups -OCH3 is 1. The fraction of sp³-hybridized carbons (Fsp3) is 0.250. The minimum atomic E-state index is -0.818. The molecule has 0 bridgehead atoms. The largest absolute Gasteiger partial charge is 0.493 e. The van der Waals surface area contributed by atoms with Crippen LogP contribution in [0.4, 0.5) is 5.69 Å². The standard InChI is InChI=1S/C28H28N2O6/c1-18(20-9-5-4-6-10-20)29-28(33)19(2)30-22-15-21(13-14-24(22)36-17-27(30)32)23(31)16-35-26-12-8-7-11-25(26)34-3/h4-15,18-19H,16-17H2,1-3H3,(H,29,33)/t18-,19+/m1/s1. The van der Waals surface area contributed by atoms with Gasteiger partial charge >= 0.3 is 0 Å². The van der Waals surface area contributed by atoms with E-state index in [-0.39, 0.29) is 36.9 Å². The molecule has 8 nitrogen and oxygen atoms in total. The van der Waals surface area contributed by atoms with Crippen LogP contribution in [0.1, 0.15) is 35.8 Å². The predicted octanol–water partition coefficient (Wildman–Crippen LogP) is 3.95. The molecule has 186 valence electrons. The number of ether oxygens (including phenoxy) is 3. The first-order valence-corrected chi connectivity index (χ1v) is 11.6. The molecule has 0 aromatic heterocycles. The van der Waals surface area contributed by atoms with Gasteiger partial charge in [-0.25, -0.2) is 0 Å². The number of nitrogens with zero attached hydrogens (tertiary/aromatic N) is 1. The number of hydrogen-bond acceptors (Lipinski definition) is 6. The van der Waals surface area contributed by atoms with Gasteiger partial charge in [-0.1, -0.05) is 42.5 Å². The Bertz CT molecular complexity index is 1260. The van der Waals surface area contributed by atoms with Crippen molar-refractivity contribution in [2.75, 3.05) is 25.2 Å². The van der Waals surface area contributed by atoms with E-state index in [0.29, 0.717) is 28.5 Å². The summed E-state index contributed by atoms with van der Waals surface area (Å²) in [7, 11) is 1.52. The lowest BCUT2D eigenvalue weighted by Crippen LogP contribution is -2.51. The lowest BCUT2D eigenvalue weighted by Gasteiger charge is -2.34. The van der Waals surface area contributed by atoms with Crippen LogP contribution in [0.15, 0.2) is 72.8 Å². The maximum atomic E-state index is 13.1. The summed E-state index contributed by atoms with van der Waals surface area (Å²) in [6.07, 6.45) is 0. The van der Waals surface area contributed by atoms with E-state index in [1.165, 1.54) is 12.0 Å². The molecule has 2 amide bonds. The lowest BCUT2D eigenvalue weighted by atomic mass is 10.1. The normalized spacial score (nSPS) is 14.2. The summed E-state index contributed by atoms with van der Waals surface area (Å²) < 4.78 is 16.5. The van der Waals surface area contributed by atoms with E-state index in [9.17, 15) is 14.4 Å². The highest BCUT2D eigenvalue weighted by Gasteiger charge is 2.34. The number of para-hydroxylation sites is 2. The first-order chi connectivity index (χ1) is 17.4. The van der Waals surface area contributed by atoms with E-state index in [1.807, 2.05) is 37.3 Å². The van der Waals surface area contributed by atoms with E-state index in [4.69, 9.17) is 14.2 Å². The summed E-state index contributed by atoms with van der Waals surface area (Å²) >= 11 is 0. The molecule has 0 aliphatic carbocycles. The maximum absolute atomic E-state index is 13.1. The Kier molecular flexibility index (Phi) is 7.53. The van der Waals surface area contributed by atoms with Gasteiger partial charge < -0.3 is 19.5 Å². The van der Waals surface area contributed by atoms with Gasteiger partial charge in [0.2, 0.25) is 5.91 Å². The molecular formula is C28H28N2O6. The van der Waals surface area contributed by atoms with Crippen molar-refractivity contribution >= 4 is 23.3 Å². The third kappa shape index (κ3) is 5.33. The molecule has 0 saturated carbocycles. The van der Waals surface area contributed by atoms with E-state index in [1.54, 1.807) is 49.4 Å². The molecule has 1 aliphatic heterocycles. The van der Waals surface area contributed by atoms with Gasteiger partial charge in [0.15, 0.2) is 30.5 Å². The highest BCUT2D eigenvalue weighted by Crippen LogP contribution is 2.35. The van der Waals surface area contributed by atoms with Gasteiger partial charge in [0.05, 0.1) is 18.8 Å². The van der Waals surface area contributed by atoms with Crippen LogP contribution in [0, 0.1) is 0 Å². The van der Waals surface area contributed by atoms with E-state index in [2.05, 4.69) is 5.32 Å². The van der Waals surface area contributed by atoms with Crippen molar-refractivity contribution in [1.29, 1.82) is 0 Å². The zero-order valence-corrected chi connectivity index (χ0v) is 20.4. The minimum absolute atomic E-state index is 0.191. The van der Waals surface area contributed by atoms with Crippen molar-refractivity contribution in [3.05, 3.63) is 83.9 Å². The van der Waals surface area contributed by atoms with Crippen LogP contribution in [-0.2, 0) is 9.59 Å². The lowest BCUT2D eigenvalue weighted by molar-refractivity contribution is -0.127. The number of hydrogen-bond donors (Lipinski definition) is 1. The van der Waals surface area contributed by atoms with Gasteiger partial charge in [-0.05, 0) is 49.7 Å². The quantitative estimate of drug-likeness (QED) is 0.459. The average Bonchev–Trinajstić information content (AvgIpc) is 2.91. The van der Waals surface area contributed by atoms with Crippen LogP contribution in [0.5, 0.6) is 17.2 Å². The van der Waals surface area contributed by atoms with E-state index >= 15 is 0 Å². The molecule has 0 unspecified atom stereocenters. The van der Waals surface area contributed by atoms with Crippen LogP contribution in [0.3, 0.4) is 0 Å².